The maximum atomic E-state index is 5.53. The SMILES string of the molecule is COCc1nc(NN)cc(OCCOc2ccccc2)n1. The van der Waals surface area contributed by atoms with Crippen molar-refractivity contribution in [2.24, 2.45) is 5.84 Å². The van der Waals surface area contributed by atoms with E-state index in [1.165, 1.54) is 0 Å². The van der Waals surface area contributed by atoms with E-state index in [9.17, 15) is 0 Å². The molecule has 2 rings (SSSR count). The summed E-state index contributed by atoms with van der Waals surface area (Å²) in [5, 5.41) is 0. The zero-order valence-corrected chi connectivity index (χ0v) is 11.8. The molecule has 3 N–H and O–H groups in total. The van der Waals surface area contributed by atoms with Crippen LogP contribution in [-0.2, 0) is 11.3 Å². The molecule has 0 unspecified atom stereocenters. The van der Waals surface area contributed by atoms with Crippen LogP contribution in [0.2, 0.25) is 0 Å². The van der Waals surface area contributed by atoms with Crippen LogP contribution in [0, 0.1) is 0 Å². The molecule has 1 aromatic heterocycles. The number of rotatable bonds is 8. The van der Waals surface area contributed by atoms with E-state index < -0.39 is 0 Å². The molecule has 0 radical (unpaired) electrons. The first-order valence-corrected chi connectivity index (χ1v) is 6.46. The number of hydrogen-bond donors (Lipinski definition) is 2. The van der Waals surface area contributed by atoms with E-state index in [-0.39, 0.29) is 6.61 Å². The van der Waals surface area contributed by atoms with Crippen molar-refractivity contribution < 1.29 is 14.2 Å². The molecular weight excluding hydrogens is 272 g/mol. The number of nitrogens with zero attached hydrogens (tertiary/aromatic N) is 2. The van der Waals surface area contributed by atoms with Crippen LogP contribution < -0.4 is 20.7 Å². The maximum absolute atomic E-state index is 5.53. The van der Waals surface area contributed by atoms with Crippen molar-refractivity contribution in [3.8, 4) is 11.6 Å². The third-order valence-electron chi connectivity index (χ3n) is 2.52. The van der Waals surface area contributed by atoms with Gasteiger partial charge in [-0.05, 0) is 12.1 Å². The Labute approximate surface area is 123 Å². The number of ether oxygens (including phenoxy) is 3. The summed E-state index contributed by atoms with van der Waals surface area (Å²) in [7, 11) is 1.57. The van der Waals surface area contributed by atoms with Gasteiger partial charge in [0.15, 0.2) is 5.82 Å². The summed E-state index contributed by atoms with van der Waals surface area (Å²) in [6, 6.07) is 11.1. The second kappa shape index (κ2) is 8.03. The van der Waals surface area contributed by atoms with Gasteiger partial charge < -0.3 is 19.6 Å². The van der Waals surface area contributed by atoms with Gasteiger partial charge in [-0.2, -0.15) is 4.98 Å². The van der Waals surface area contributed by atoms with Crippen molar-refractivity contribution in [1.29, 1.82) is 0 Å². The maximum Gasteiger partial charge on any atom is 0.218 e. The van der Waals surface area contributed by atoms with E-state index in [2.05, 4.69) is 15.4 Å². The normalized spacial score (nSPS) is 10.2. The summed E-state index contributed by atoms with van der Waals surface area (Å²) in [5.74, 6) is 7.53. The molecule has 0 spiro atoms. The summed E-state index contributed by atoms with van der Waals surface area (Å²) in [6.07, 6.45) is 0. The van der Waals surface area contributed by atoms with E-state index in [1.54, 1.807) is 13.2 Å². The highest BCUT2D eigenvalue weighted by atomic mass is 16.5. The lowest BCUT2D eigenvalue weighted by Gasteiger charge is -2.10. The second-order valence-corrected chi connectivity index (χ2v) is 4.09. The highest BCUT2D eigenvalue weighted by molar-refractivity contribution is 5.36. The average molecular weight is 290 g/mol. The predicted octanol–water partition coefficient (Wildman–Crippen LogP) is 1.37. The Hall–Kier alpha value is -2.38. The fourth-order valence-electron chi connectivity index (χ4n) is 1.64. The smallest absolute Gasteiger partial charge is 0.218 e. The first-order valence-electron chi connectivity index (χ1n) is 6.46. The lowest BCUT2D eigenvalue weighted by Crippen LogP contribution is -2.13. The molecule has 7 heteroatoms. The van der Waals surface area contributed by atoms with Crippen LogP contribution in [0.5, 0.6) is 11.6 Å². The van der Waals surface area contributed by atoms with Crippen LogP contribution in [0.15, 0.2) is 36.4 Å². The Morgan fingerprint density at radius 3 is 2.57 bits per heavy atom. The molecule has 0 saturated carbocycles. The van der Waals surface area contributed by atoms with Crippen LogP contribution >= 0.6 is 0 Å². The third kappa shape index (κ3) is 4.90. The number of nitrogens with two attached hydrogens (primary N) is 1. The molecular formula is C14H18N4O3. The summed E-state index contributed by atoms with van der Waals surface area (Å²) >= 11 is 0. The van der Waals surface area contributed by atoms with Crippen LogP contribution in [-0.4, -0.2) is 30.3 Å². The van der Waals surface area contributed by atoms with Gasteiger partial charge in [0, 0.05) is 13.2 Å². The second-order valence-electron chi connectivity index (χ2n) is 4.09. The number of benzene rings is 1. The molecule has 0 bridgehead atoms. The number of nitrogens with one attached hydrogen (secondary N) is 1. The van der Waals surface area contributed by atoms with Crippen LogP contribution in [0.4, 0.5) is 5.82 Å². The van der Waals surface area contributed by atoms with Crippen molar-refractivity contribution in [1.82, 2.24) is 9.97 Å². The van der Waals surface area contributed by atoms with Gasteiger partial charge in [-0.15, -0.1) is 0 Å². The Balaban J connectivity index is 1.86. The van der Waals surface area contributed by atoms with Gasteiger partial charge in [0.2, 0.25) is 5.88 Å². The van der Waals surface area contributed by atoms with Gasteiger partial charge >= 0.3 is 0 Å². The number of aromatic nitrogens is 2. The number of hydrazine groups is 1. The molecule has 0 aliphatic rings. The molecule has 0 aliphatic carbocycles. The zero-order chi connectivity index (χ0) is 14.9. The topological polar surface area (TPSA) is 91.5 Å². The van der Waals surface area contributed by atoms with Gasteiger partial charge in [-0.3, -0.25) is 0 Å². The average Bonchev–Trinajstić information content (AvgIpc) is 2.53. The minimum absolute atomic E-state index is 0.284. The van der Waals surface area contributed by atoms with Crippen molar-refractivity contribution in [3.63, 3.8) is 0 Å². The van der Waals surface area contributed by atoms with Crippen LogP contribution in [0.3, 0.4) is 0 Å². The Kier molecular flexibility index (Phi) is 5.74. The summed E-state index contributed by atoms with van der Waals surface area (Å²) < 4.78 is 16.1. The quantitative estimate of drug-likeness (QED) is 0.431. The lowest BCUT2D eigenvalue weighted by atomic mass is 10.3. The fraction of sp³-hybridized carbons (Fsp3) is 0.286. The van der Waals surface area contributed by atoms with Gasteiger partial charge in [-0.1, -0.05) is 18.2 Å². The Bertz CT molecular complexity index is 551. The summed E-state index contributed by atoms with van der Waals surface area (Å²) in [4.78, 5) is 8.34. The molecule has 0 amide bonds. The van der Waals surface area contributed by atoms with Crippen molar-refractivity contribution in [2.75, 3.05) is 25.7 Å². The number of para-hydroxylation sites is 1. The standard InChI is InChI=1S/C14H18N4O3/c1-19-10-13-16-12(18-15)9-14(17-13)21-8-7-20-11-5-3-2-4-6-11/h2-6,9H,7-8,10,15H2,1H3,(H,16,17,18). The molecule has 0 fully saturated rings. The fourth-order valence-corrected chi connectivity index (χ4v) is 1.64. The molecule has 7 nitrogen and oxygen atoms in total. The van der Waals surface area contributed by atoms with Gasteiger partial charge in [0.1, 0.15) is 31.4 Å². The van der Waals surface area contributed by atoms with E-state index in [0.29, 0.717) is 30.7 Å². The van der Waals surface area contributed by atoms with Gasteiger partial charge in [-0.25, -0.2) is 10.8 Å². The molecule has 2 aromatic rings. The van der Waals surface area contributed by atoms with E-state index in [1.807, 2.05) is 30.3 Å². The highest BCUT2D eigenvalue weighted by Crippen LogP contribution is 2.13. The third-order valence-corrected chi connectivity index (χ3v) is 2.52. The first kappa shape index (κ1) is 15.0. The molecule has 21 heavy (non-hydrogen) atoms. The van der Waals surface area contributed by atoms with E-state index >= 15 is 0 Å². The van der Waals surface area contributed by atoms with Gasteiger partial charge in [0.25, 0.3) is 0 Å². The van der Waals surface area contributed by atoms with Crippen molar-refractivity contribution in [3.05, 3.63) is 42.2 Å². The largest absolute Gasteiger partial charge is 0.490 e. The monoisotopic (exact) mass is 290 g/mol. The molecule has 112 valence electrons. The van der Waals surface area contributed by atoms with Crippen LogP contribution in [0.25, 0.3) is 0 Å². The number of nitrogen functional groups attached to an aromatic ring is 1. The summed E-state index contributed by atoms with van der Waals surface area (Å²) in [6.45, 7) is 1.06. The van der Waals surface area contributed by atoms with E-state index in [4.69, 9.17) is 20.1 Å². The van der Waals surface area contributed by atoms with E-state index in [0.717, 1.165) is 5.75 Å². The molecule has 0 atom stereocenters. The summed E-state index contributed by atoms with van der Waals surface area (Å²) in [5.41, 5.74) is 2.46. The Morgan fingerprint density at radius 1 is 1.10 bits per heavy atom. The zero-order valence-electron chi connectivity index (χ0n) is 11.8. The minimum atomic E-state index is 0.284. The number of hydrogen-bond acceptors (Lipinski definition) is 7. The molecule has 1 heterocycles. The van der Waals surface area contributed by atoms with Gasteiger partial charge in [0.05, 0.1) is 0 Å². The molecule has 0 saturated heterocycles. The molecule has 1 aromatic carbocycles. The highest BCUT2D eigenvalue weighted by Gasteiger charge is 2.05. The minimum Gasteiger partial charge on any atom is -0.490 e. The van der Waals surface area contributed by atoms with Crippen molar-refractivity contribution in [2.45, 2.75) is 6.61 Å². The number of methoxy groups -OCH3 is 1. The molecule has 0 aliphatic heterocycles. The van der Waals surface area contributed by atoms with Crippen LogP contribution in [0.1, 0.15) is 5.82 Å². The first-order chi connectivity index (χ1) is 10.3. The Morgan fingerprint density at radius 2 is 1.86 bits per heavy atom. The van der Waals surface area contributed by atoms with Crippen molar-refractivity contribution >= 4 is 5.82 Å². The number of anilines is 1. The predicted molar refractivity (Wildman–Crippen MR) is 78.0 cm³/mol. The lowest BCUT2D eigenvalue weighted by molar-refractivity contribution is 0.174.